The molecular weight excluding hydrogens is 319 g/mol. The van der Waals surface area contributed by atoms with Gasteiger partial charge in [-0.3, -0.25) is 4.99 Å². The van der Waals surface area contributed by atoms with E-state index >= 15 is 0 Å². The lowest BCUT2D eigenvalue weighted by atomic mass is 9.95. The molecule has 1 aliphatic heterocycles. The molecule has 2 rings (SSSR count). The average molecular weight is 339 g/mol. The summed E-state index contributed by atoms with van der Waals surface area (Å²) in [7, 11) is 2.68. The van der Waals surface area contributed by atoms with Gasteiger partial charge in [-0.25, -0.2) is 0 Å². The van der Waals surface area contributed by atoms with Crippen molar-refractivity contribution in [2.45, 2.75) is 26.2 Å². The minimum Gasteiger partial charge on any atom is -0.397 e. The molecule has 0 saturated heterocycles. The van der Waals surface area contributed by atoms with E-state index in [4.69, 9.17) is 5.73 Å². The molecule has 0 radical (unpaired) electrons. The normalized spacial score (nSPS) is 20.2. The summed E-state index contributed by atoms with van der Waals surface area (Å²) in [5, 5.41) is 1.16. The predicted octanol–water partition coefficient (Wildman–Crippen LogP) is 3.47. The van der Waals surface area contributed by atoms with Crippen LogP contribution < -0.4 is 11.0 Å². The first kappa shape index (κ1) is 14.7. The topological polar surface area (TPSA) is 38.4 Å². The fourth-order valence-corrected chi connectivity index (χ4v) is 3.28. The summed E-state index contributed by atoms with van der Waals surface area (Å²) in [6, 6.07) is 8.19. The molecule has 1 aromatic carbocycles. The first-order valence-electron chi connectivity index (χ1n) is 6.69. The largest absolute Gasteiger partial charge is 0.397 e. The maximum absolute atomic E-state index is 6.27. The lowest BCUT2D eigenvalue weighted by molar-refractivity contribution is 0.608. The number of aliphatic imine (C=N–C) groups is 1. The molecule has 0 aliphatic carbocycles. The first-order valence-corrected chi connectivity index (χ1v) is 8.06. The zero-order valence-corrected chi connectivity index (χ0v) is 13.9. The molecule has 0 aromatic heterocycles. The van der Waals surface area contributed by atoms with Gasteiger partial charge in [0.15, 0.2) is 0 Å². The molecule has 0 saturated carbocycles. The molecule has 19 heavy (non-hydrogen) atoms. The zero-order valence-electron chi connectivity index (χ0n) is 11.2. The van der Waals surface area contributed by atoms with Crippen LogP contribution in [0, 0.1) is 5.92 Å². The Balaban J connectivity index is 2.28. The van der Waals surface area contributed by atoms with Gasteiger partial charge in [0, 0.05) is 12.5 Å². The van der Waals surface area contributed by atoms with Gasteiger partial charge >= 0.3 is 0 Å². The van der Waals surface area contributed by atoms with E-state index in [1.807, 2.05) is 24.3 Å². The second kappa shape index (κ2) is 6.67. The fourth-order valence-electron chi connectivity index (χ4n) is 2.41. The van der Waals surface area contributed by atoms with Crippen LogP contribution in [0.25, 0.3) is 5.70 Å². The van der Waals surface area contributed by atoms with Crippen LogP contribution in [0.15, 0.2) is 33.7 Å². The Morgan fingerprint density at radius 3 is 2.74 bits per heavy atom. The number of benzene rings is 1. The van der Waals surface area contributed by atoms with Gasteiger partial charge in [0.2, 0.25) is 0 Å². The third-order valence-corrected chi connectivity index (χ3v) is 4.68. The summed E-state index contributed by atoms with van der Waals surface area (Å²) >= 11 is 3.65. The number of allylic oxidation sites excluding steroid dienone is 1. The van der Waals surface area contributed by atoms with E-state index < -0.39 is 0 Å². The smallest absolute Gasteiger partial charge is 0.0624 e. The number of halogens is 1. The summed E-state index contributed by atoms with van der Waals surface area (Å²) in [5.74, 6) is 0.555. The van der Waals surface area contributed by atoms with Crippen LogP contribution in [0.5, 0.6) is 0 Å². The van der Waals surface area contributed by atoms with Crippen LogP contribution in [0.4, 0.5) is 0 Å². The van der Waals surface area contributed by atoms with E-state index in [0.29, 0.717) is 5.92 Å². The van der Waals surface area contributed by atoms with Crippen molar-refractivity contribution in [2.75, 3.05) is 6.54 Å². The Bertz CT molecular complexity index is 505. The summed E-state index contributed by atoms with van der Waals surface area (Å²) < 4.78 is 0.972. The van der Waals surface area contributed by atoms with Gasteiger partial charge in [-0.15, -0.1) is 9.24 Å². The molecule has 2 N–H and O–H groups in total. The summed E-state index contributed by atoms with van der Waals surface area (Å²) in [5.41, 5.74) is 9.25. The van der Waals surface area contributed by atoms with E-state index in [1.54, 1.807) is 0 Å². The predicted molar refractivity (Wildman–Crippen MR) is 91.1 cm³/mol. The minimum atomic E-state index is 0.555. The van der Waals surface area contributed by atoms with Crippen molar-refractivity contribution in [1.29, 1.82) is 0 Å². The second-order valence-electron chi connectivity index (χ2n) is 4.89. The number of rotatable bonds is 4. The van der Waals surface area contributed by atoms with Gasteiger partial charge in [0.25, 0.3) is 0 Å². The standard InChI is InChI=1S/C15H20BrN2P/c1-2-3-11-8-9-18-15(11)13(16)14(17)10-4-6-12(19)7-5-10/h4-7,11H,2-3,8-9,17,19H2,1H3/b14-13+. The number of nitrogens with zero attached hydrogens (tertiary/aromatic N) is 1. The Morgan fingerprint density at radius 2 is 2.11 bits per heavy atom. The average Bonchev–Trinajstić information content (AvgIpc) is 2.87. The van der Waals surface area contributed by atoms with Gasteiger partial charge in [0.1, 0.15) is 0 Å². The highest BCUT2D eigenvalue weighted by Crippen LogP contribution is 2.30. The maximum Gasteiger partial charge on any atom is 0.0624 e. The third-order valence-electron chi connectivity index (χ3n) is 3.47. The Kier molecular flexibility index (Phi) is 5.18. The Morgan fingerprint density at radius 1 is 1.42 bits per heavy atom. The van der Waals surface area contributed by atoms with Crippen molar-refractivity contribution >= 4 is 41.9 Å². The molecule has 2 unspecified atom stereocenters. The third kappa shape index (κ3) is 3.46. The van der Waals surface area contributed by atoms with Crippen LogP contribution in [-0.4, -0.2) is 12.3 Å². The quantitative estimate of drug-likeness (QED) is 0.838. The molecule has 0 amide bonds. The highest BCUT2D eigenvalue weighted by molar-refractivity contribution is 9.12. The molecule has 102 valence electrons. The monoisotopic (exact) mass is 338 g/mol. The van der Waals surface area contributed by atoms with Crippen molar-refractivity contribution in [1.82, 2.24) is 0 Å². The molecular formula is C15H20BrN2P. The minimum absolute atomic E-state index is 0.555. The first-order chi connectivity index (χ1) is 9.13. The van der Waals surface area contributed by atoms with E-state index in [-0.39, 0.29) is 0 Å². The number of hydrogen-bond donors (Lipinski definition) is 1. The van der Waals surface area contributed by atoms with Crippen LogP contribution in [-0.2, 0) is 0 Å². The van der Waals surface area contributed by atoms with Gasteiger partial charge < -0.3 is 5.73 Å². The zero-order chi connectivity index (χ0) is 13.8. The molecule has 0 bridgehead atoms. The van der Waals surface area contributed by atoms with E-state index in [1.165, 1.54) is 12.8 Å². The highest BCUT2D eigenvalue weighted by atomic mass is 79.9. The lowest BCUT2D eigenvalue weighted by Crippen LogP contribution is -2.13. The fraction of sp³-hybridized carbons (Fsp3) is 0.400. The molecule has 2 nitrogen and oxygen atoms in total. The second-order valence-corrected chi connectivity index (χ2v) is 6.35. The van der Waals surface area contributed by atoms with Gasteiger partial charge in [-0.1, -0.05) is 37.6 Å². The SMILES string of the molecule is CCCC1CCN=C1/C(Br)=C(\N)c1ccc(P)cc1. The molecule has 1 heterocycles. The molecule has 2 atom stereocenters. The molecule has 4 heteroatoms. The number of nitrogens with two attached hydrogens (primary N) is 1. The maximum atomic E-state index is 6.27. The van der Waals surface area contributed by atoms with Crippen LogP contribution >= 0.6 is 25.2 Å². The van der Waals surface area contributed by atoms with Crippen LogP contribution in [0.3, 0.4) is 0 Å². The Labute approximate surface area is 125 Å². The van der Waals surface area contributed by atoms with Gasteiger partial charge in [-0.2, -0.15) is 0 Å². The van der Waals surface area contributed by atoms with E-state index in [2.05, 4.69) is 37.1 Å². The summed E-state index contributed by atoms with van der Waals surface area (Å²) in [6.07, 6.45) is 3.52. The van der Waals surface area contributed by atoms with Gasteiger partial charge in [-0.05, 0) is 39.6 Å². The molecule has 1 aromatic rings. The highest BCUT2D eigenvalue weighted by Gasteiger charge is 2.24. The van der Waals surface area contributed by atoms with Crippen molar-refractivity contribution in [2.24, 2.45) is 16.6 Å². The van der Waals surface area contributed by atoms with Crippen molar-refractivity contribution < 1.29 is 0 Å². The van der Waals surface area contributed by atoms with E-state index in [0.717, 1.165) is 39.7 Å². The lowest BCUT2D eigenvalue weighted by Gasteiger charge is -2.13. The molecule has 0 spiro atoms. The van der Waals surface area contributed by atoms with Gasteiger partial charge in [0.05, 0.1) is 15.9 Å². The van der Waals surface area contributed by atoms with Crippen molar-refractivity contribution in [3.8, 4) is 0 Å². The molecule has 1 aliphatic rings. The van der Waals surface area contributed by atoms with Crippen LogP contribution in [0.2, 0.25) is 0 Å². The summed E-state index contributed by atoms with van der Waals surface area (Å²) in [4.78, 5) is 4.63. The Hall–Kier alpha value is -0.660. The van der Waals surface area contributed by atoms with Crippen molar-refractivity contribution in [3.05, 3.63) is 34.3 Å². The summed E-state index contributed by atoms with van der Waals surface area (Å²) in [6.45, 7) is 3.14. The molecule has 0 fully saturated rings. The van der Waals surface area contributed by atoms with Crippen LogP contribution in [0.1, 0.15) is 31.7 Å². The van der Waals surface area contributed by atoms with E-state index in [9.17, 15) is 0 Å². The number of hydrogen-bond acceptors (Lipinski definition) is 2. The van der Waals surface area contributed by atoms with Crippen molar-refractivity contribution in [3.63, 3.8) is 0 Å².